The Labute approximate surface area is 135 Å². The molecule has 114 valence electrons. The van der Waals surface area contributed by atoms with E-state index in [1.807, 2.05) is 11.7 Å². The van der Waals surface area contributed by atoms with Gasteiger partial charge in [0.05, 0.1) is 5.69 Å². The van der Waals surface area contributed by atoms with Gasteiger partial charge in [0.25, 0.3) is 0 Å². The zero-order chi connectivity index (χ0) is 15.6. The van der Waals surface area contributed by atoms with Gasteiger partial charge in [-0.25, -0.2) is 0 Å². The van der Waals surface area contributed by atoms with E-state index < -0.39 is 0 Å². The molecule has 3 nitrogen and oxygen atoms in total. The maximum Gasteiger partial charge on any atom is 0.0644 e. The highest BCUT2D eigenvalue weighted by atomic mass is 79.9. The minimum absolute atomic E-state index is 0.309. The highest BCUT2D eigenvalue weighted by molar-refractivity contribution is 9.10. The van der Waals surface area contributed by atoms with Crippen LogP contribution in [0.3, 0.4) is 0 Å². The van der Waals surface area contributed by atoms with Crippen LogP contribution in [-0.2, 0) is 13.5 Å². The van der Waals surface area contributed by atoms with E-state index in [0.29, 0.717) is 12.1 Å². The molecule has 0 aliphatic carbocycles. The molecule has 0 radical (unpaired) electrons. The van der Waals surface area contributed by atoms with Gasteiger partial charge < -0.3 is 5.32 Å². The van der Waals surface area contributed by atoms with E-state index in [1.165, 1.54) is 16.8 Å². The predicted octanol–water partition coefficient (Wildman–Crippen LogP) is 4.08. The van der Waals surface area contributed by atoms with Crippen LogP contribution in [0, 0.1) is 13.8 Å². The van der Waals surface area contributed by atoms with Crippen molar-refractivity contribution in [1.82, 2.24) is 15.1 Å². The molecular formula is C17H24BrN3. The maximum absolute atomic E-state index is 4.50. The lowest BCUT2D eigenvalue weighted by atomic mass is 10.0. The Kier molecular flexibility index (Phi) is 5.22. The molecule has 0 bridgehead atoms. The molecule has 1 aromatic carbocycles. The summed E-state index contributed by atoms with van der Waals surface area (Å²) >= 11 is 3.48. The van der Waals surface area contributed by atoms with Gasteiger partial charge in [0, 0.05) is 34.9 Å². The van der Waals surface area contributed by atoms with Crippen LogP contribution in [-0.4, -0.2) is 15.8 Å². The van der Waals surface area contributed by atoms with Crippen LogP contribution in [0.1, 0.15) is 42.4 Å². The van der Waals surface area contributed by atoms with Gasteiger partial charge in [-0.2, -0.15) is 5.10 Å². The third kappa shape index (κ3) is 3.95. The van der Waals surface area contributed by atoms with Gasteiger partial charge in [0.15, 0.2) is 0 Å². The second kappa shape index (κ2) is 6.75. The van der Waals surface area contributed by atoms with Gasteiger partial charge in [-0.15, -0.1) is 0 Å². The number of hydrogen-bond acceptors (Lipinski definition) is 2. The van der Waals surface area contributed by atoms with Crippen LogP contribution in [0.4, 0.5) is 0 Å². The average molecular weight is 350 g/mol. The second-order valence-electron chi connectivity index (χ2n) is 5.83. The summed E-state index contributed by atoms with van der Waals surface area (Å²) in [5.74, 6) is 0. The molecule has 4 heteroatoms. The highest BCUT2D eigenvalue weighted by Gasteiger charge is 2.17. The molecule has 1 aromatic heterocycles. The van der Waals surface area contributed by atoms with Gasteiger partial charge in [-0.3, -0.25) is 4.68 Å². The molecule has 0 amide bonds. The van der Waals surface area contributed by atoms with Crippen LogP contribution >= 0.6 is 15.9 Å². The Morgan fingerprint density at radius 1 is 1.19 bits per heavy atom. The van der Waals surface area contributed by atoms with E-state index in [1.54, 1.807) is 0 Å². The third-order valence-corrected chi connectivity index (χ3v) is 4.52. The SMILES string of the molecule is Cc1nn(C)c(C)c1C(C)NC(C)Cc1ccc(Br)cc1. The van der Waals surface area contributed by atoms with E-state index in [-0.39, 0.29) is 0 Å². The number of nitrogens with one attached hydrogen (secondary N) is 1. The molecule has 1 N–H and O–H groups in total. The van der Waals surface area contributed by atoms with Gasteiger partial charge in [0.2, 0.25) is 0 Å². The lowest BCUT2D eigenvalue weighted by Crippen LogP contribution is -2.31. The van der Waals surface area contributed by atoms with Crippen molar-refractivity contribution in [3.63, 3.8) is 0 Å². The summed E-state index contributed by atoms with van der Waals surface area (Å²) in [5.41, 5.74) is 5.03. The fourth-order valence-corrected chi connectivity index (χ4v) is 3.22. The minimum Gasteiger partial charge on any atom is -0.307 e. The Morgan fingerprint density at radius 3 is 2.33 bits per heavy atom. The topological polar surface area (TPSA) is 29.9 Å². The summed E-state index contributed by atoms with van der Waals surface area (Å²) in [5, 5.41) is 8.19. The first-order chi connectivity index (χ1) is 9.88. The summed E-state index contributed by atoms with van der Waals surface area (Å²) in [7, 11) is 2.00. The van der Waals surface area contributed by atoms with Gasteiger partial charge >= 0.3 is 0 Å². The number of nitrogens with zero attached hydrogens (tertiary/aromatic N) is 2. The van der Waals surface area contributed by atoms with Gasteiger partial charge in [-0.05, 0) is 51.8 Å². The van der Waals surface area contributed by atoms with Crippen LogP contribution in [0.5, 0.6) is 0 Å². The minimum atomic E-state index is 0.309. The van der Waals surface area contributed by atoms with Crippen LogP contribution in [0.25, 0.3) is 0 Å². The number of aryl methyl sites for hydroxylation is 2. The zero-order valence-electron chi connectivity index (χ0n) is 13.4. The van der Waals surface area contributed by atoms with Gasteiger partial charge in [0.1, 0.15) is 0 Å². The van der Waals surface area contributed by atoms with E-state index in [2.05, 4.69) is 78.3 Å². The molecule has 21 heavy (non-hydrogen) atoms. The van der Waals surface area contributed by atoms with E-state index >= 15 is 0 Å². The summed E-state index contributed by atoms with van der Waals surface area (Å²) in [6.07, 6.45) is 1.02. The Bertz CT molecular complexity index is 601. The molecule has 0 saturated heterocycles. The molecule has 0 aliphatic rings. The number of hydrogen-bond donors (Lipinski definition) is 1. The van der Waals surface area contributed by atoms with Gasteiger partial charge in [-0.1, -0.05) is 28.1 Å². The molecular weight excluding hydrogens is 326 g/mol. The van der Waals surface area contributed by atoms with Crippen molar-refractivity contribution in [2.24, 2.45) is 7.05 Å². The first kappa shape index (κ1) is 16.2. The molecule has 1 heterocycles. The van der Waals surface area contributed by atoms with Crippen LogP contribution < -0.4 is 5.32 Å². The van der Waals surface area contributed by atoms with E-state index in [9.17, 15) is 0 Å². The number of aromatic nitrogens is 2. The van der Waals surface area contributed by atoms with Crippen molar-refractivity contribution in [1.29, 1.82) is 0 Å². The monoisotopic (exact) mass is 349 g/mol. The number of rotatable bonds is 5. The summed E-state index contributed by atoms with van der Waals surface area (Å²) in [6.45, 7) is 8.67. The van der Waals surface area contributed by atoms with Crippen molar-refractivity contribution >= 4 is 15.9 Å². The molecule has 0 aliphatic heterocycles. The zero-order valence-corrected chi connectivity index (χ0v) is 15.0. The molecule has 2 rings (SSSR count). The molecule has 0 saturated carbocycles. The fourth-order valence-electron chi connectivity index (χ4n) is 2.96. The van der Waals surface area contributed by atoms with Crippen molar-refractivity contribution in [3.8, 4) is 0 Å². The maximum atomic E-state index is 4.50. The lowest BCUT2D eigenvalue weighted by Gasteiger charge is -2.21. The summed E-state index contributed by atoms with van der Waals surface area (Å²) < 4.78 is 3.09. The number of halogens is 1. The van der Waals surface area contributed by atoms with Crippen LogP contribution in [0.2, 0.25) is 0 Å². The second-order valence-corrected chi connectivity index (χ2v) is 6.74. The number of benzene rings is 1. The van der Waals surface area contributed by atoms with Crippen molar-refractivity contribution in [2.75, 3.05) is 0 Å². The smallest absolute Gasteiger partial charge is 0.0644 e. The predicted molar refractivity (Wildman–Crippen MR) is 91.5 cm³/mol. The molecule has 0 fully saturated rings. The molecule has 2 atom stereocenters. The standard InChI is InChI=1S/C17H24BrN3/c1-11(10-15-6-8-16(18)9-7-15)19-12(2)17-13(3)20-21(5)14(17)4/h6-9,11-12,19H,10H2,1-5H3. The fraction of sp³-hybridized carbons (Fsp3) is 0.471. The summed E-state index contributed by atoms with van der Waals surface area (Å²) in [4.78, 5) is 0. The van der Waals surface area contributed by atoms with Crippen molar-refractivity contribution in [2.45, 2.75) is 46.2 Å². The normalized spacial score (nSPS) is 14.2. The first-order valence-corrected chi connectivity index (χ1v) is 8.18. The largest absolute Gasteiger partial charge is 0.307 e. The average Bonchev–Trinajstić information content (AvgIpc) is 2.66. The molecule has 2 aromatic rings. The molecule has 2 unspecified atom stereocenters. The lowest BCUT2D eigenvalue weighted by molar-refractivity contribution is 0.474. The van der Waals surface area contributed by atoms with Crippen molar-refractivity contribution < 1.29 is 0 Å². The van der Waals surface area contributed by atoms with Crippen molar-refractivity contribution in [3.05, 3.63) is 51.3 Å². The summed E-state index contributed by atoms with van der Waals surface area (Å²) in [6, 6.07) is 9.27. The Hall–Kier alpha value is -1.13. The van der Waals surface area contributed by atoms with E-state index in [0.717, 1.165) is 16.6 Å². The highest BCUT2D eigenvalue weighted by Crippen LogP contribution is 2.21. The third-order valence-electron chi connectivity index (χ3n) is 3.99. The Balaban J connectivity index is 2.01. The Morgan fingerprint density at radius 2 is 1.81 bits per heavy atom. The molecule has 0 spiro atoms. The van der Waals surface area contributed by atoms with E-state index in [4.69, 9.17) is 0 Å². The van der Waals surface area contributed by atoms with Crippen LogP contribution in [0.15, 0.2) is 28.7 Å². The first-order valence-electron chi connectivity index (χ1n) is 7.39. The quantitative estimate of drug-likeness (QED) is 0.881.